The number of anilines is 1. The van der Waals surface area contributed by atoms with E-state index in [4.69, 9.17) is 14.2 Å². The standard InChI is InChI=1S/C24H31N3O6/c1-17-21(32-18-8-6-5-7-9-18)11-10-20(27(29)30)22(17)26-14-15-31-19(16-26)12-13-25-23(28)33-24(2,3)4/h5-11,19H,12-16H2,1-4H3,(H,25,28)/t19-/m1/s1. The van der Waals surface area contributed by atoms with Crippen molar-refractivity contribution in [3.63, 3.8) is 0 Å². The van der Waals surface area contributed by atoms with Crippen LogP contribution in [0.2, 0.25) is 0 Å². The molecule has 1 aliphatic heterocycles. The van der Waals surface area contributed by atoms with Crippen LogP contribution in [0.1, 0.15) is 32.8 Å². The topological polar surface area (TPSA) is 103 Å². The van der Waals surface area contributed by atoms with E-state index in [9.17, 15) is 14.9 Å². The monoisotopic (exact) mass is 457 g/mol. The Labute approximate surface area is 193 Å². The summed E-state index contributed by atoms with van der Waals surface area (Å²) in [6.45, 7) is 9.04. The highest BCUT2D eigenvalue weighted by Crippen LogP contribution is 2.39. The van der Waals surface area contributed by atoms with E-state index in [0.29, 0.717) is 55.4 Å². The molecule has 178 valence electrons. The second kappa shape index (κ2) is 10.5. The molecule has 1 saturated heterocycles. The predicted molar refractivity (Wildman–Crippen MR) is 125 cm³/mol. The minimum atomic E-state index is -0.564. The lowest BCUT2D eigenvalue weighted by Gasteiger charge is -2.35. The van der Waals surface area contributed by atoms with E-state index in [1.165, 1.54) is 6.07 Å². The molecule has 1 fully saturated rings. The van der Waals surface area contributed by atoms with Gasteiger partial charge in [-0.15, -0.1) is 0 Å². The first-order valence-electron chi connectivity index (χ1n) is 11.0. The number of para-hydroxylation sites is 1. The van der Waals surface area contributed by atoms with Crippen LogP contribution in [0.4, 0.5) is 16.2 Å². The van der Waals surface area contributed by atoms with E-state index in [1.807, 2.05) is 42.2 Å². The fourth-order valence-electron chi connectivity index (χ4n) is 3.69. The second-order valence-electron chi connectivity index (χ2n) is 8.88. The van der Waals surface area contributed by atoms with E-state index in [2.05, 4.69) is 5.32 Å². The van der Waals surface area contributed by atoms with Gasteiger partial charge in [0.25, 0.3) is 5.69 Å². The van der Waals surface area contributed by atoms with Gasteiger partial charge < -0.3 is 24.4 Å². The molecule has 9 heteroatoms. The van der Waals surface area contributed by atoms with E-state index < -0.39 is 11.7 Å². The fraction of sp³-hybridized carbons (Fsp3) is 0.458. The molecule has 2 aromatic rings. The van der Waals surface area contributed by atoms with E-state index in [0.717, 1.165) is 0 Å². The summed E-state index contributed by atoms with van der Waals surface area (Å²) < 4.78 is 17.1. The lowest BCUT2D eigenvalue weighted by Crippen LogP contribution is -2.44. The summed E-state index contributed by atoms with van der Waals surface area (Å²) in [5, 5.41) is 14.5. The molecule has 0 radical (unpaired) electrons. The van der Waals surface area contributed by atoms with Crippen LogP contribution >= 0.6 is 0 Å². The molecule has 0 aromatic heterocycles. The summed E-state index contributed by atoms with van der Waals surface area (Å²) >= 11 is 0. The molecular weight excluding hydrogens is 426 g/mol. The average Bonchev–Trinajstić information content (AvgIpc) is 2.74. The lowest BCUT2D eigenvalue weighted by atomic mass is 10.1. The molecule has 9 nitrogen and oxygen atoms in total. The zero-order valence-electron chi connectivity index (χ0n) is 19.5. The highest BCUT2D eigenvalue weighted by atomic mass is 16.6. The Morgan fingerprint density at radius 1 is 1.24 bits per heavy atom. The maximum absolute atomic E-state index is 11.9. The quantitative estimate of drug-likeness (QED) is 0.470. The number of nitrogens with one attached hydrogen (secondary N) is 1. The summed E-state index contributed by atoms with van der Waals surface area (Å²) in [5.41, 5.74) is 0.689. The molecule has 0 saturated carbocycles. The molecule has 33 heavy (non-hydrogen) atoms. The molecular formula is C24H31N3O6. The number of carbonyl (C=O) groups is 1. The Morgan fingerprint density at radius 2 is 1.97 bits per heavy atom. The Balaban J connectivity index is 1.72. The summed E-state index contributed by atoms with van der Waals surface area (Å²) in [7, 11) is 0. The maximum atomic E-state index is 11.9. The first-order chi connectivity index (χ1) is 15.6. The molecule has 0 aliphatic carbocycles. The minimum Gasteiger partial charge on any atom is -0.457 e. The van der Waals surface area contributed by atoms with Crippen molar-refractivity contribution in [1.29, 1.82) is 0 Å². The smallest absolute Gasteiger partial charge is 0.407 e. The van der Waals surface area contributed by atoms with Crippen LogP contribution in [-0.2, 0) is 9.47 Å². The molecule has 0 bridgehead atoms. The molecule has 1 N–H and O–H groups in total. The van der Waals surface area contributed by atoms with Gasteiger partial charge in [-0.05, 0) is 52.3 Å². The van der Waals surface area contributed by atoms with Crippen LogP contribution in [0.25, 0.3) is 0 Å². The van der Waals surface area contributed by atoms with Gasteiger partial charge in [-0.25, -0.2) is 4.79 Å². The number of nitro groups is 1. The number of carbonyl (C=O) groups excluding carboxylic acids is 1. The Kier molecular flexibility index (Phi) is 7.75. The Hall–Kier alpha value is -3.33. The number of morpholine rings is 1. The van der Waals surface area contributed by atoms with Crippen LogP contribution in [0.15, 0.2) is 42.5 Å². The number of nitrogens with zero attached hydrogens (tertiary/aromatic N) is 2. The highest BCUT2D eigenvalue weighted by Gasteiger charge is 2.29. The first-order valence-corrected chi connectivity index (χ1v) is 11.0. The summed E-state index contributed by atoms with van der Waals surface area (Å²) in [4.78, 5) is 25.2. The van der Waals surface area contributed by atoms with Crippen molar-refractivity contribution < 1.29 is 23.9 Å². The largest absolute Gasteiger partial charge is 0.457 e. The molecule has 1 amide bonds. The number of hydrogen-bond acceptors (Lipinski definition) is 7. The van der Waals surface area contributed by atoms with Crippen LogP contribution in [0.3, 0.4) is 0 Å². The number of rotatable bonds is 7. The van der Waals surface area contributed by atoms with Crippen LogP contribution in [0, 0.1) is 17.0 Å². The second-order valence-corrected chi connectivity index (χ2v) is 8.88. The normalized spacial score (nSPS) is 16.2. The van der Waals surface area contributed by atoms with Gasteiger partial charge in [-0.3, -0.25) is 10.1 Å². The van der Waals surface area contributed by atoms with E-state index >= 15 is 0 Å². The van der Waals surface area contributed by atoms with Crippen molar-refractivity contribution in [2.45, 2.75) is 45.8 Å². The van der Waals surface area contributed by atoms with E-state index in [-0.39, 0.29) is 16.7 Å². The Morgan fingerprint density at radius 3 is 2.64 bits per heavy atom. The third-order valence-electron chi connectivity index (χ3n) is 5.12. The third kappa shape index (κ3) is 6.82. The molecule has 2 aromatic carbocycles. The number of hydrogen-bond donors (Lipinski definition) is 1. The first kappa shape index (κ1) is 24.3. The van der Waals surface area contributed by atoms with Gasteiger partial charge in [0.05, 0.1) is 17.6 Å². The number of alkyl carbamates (subject to hydrolysis) is 1. The summed E-state index contributed by atoms with van der Waals surface area (Å²) in [6, 6.07) is 12.4. The highest BCUT2D eigenvalue weighted by molar-refractivity contribution is 5.72. The van der Waals surface area contributed by atoms with Gasteiger partial charge in [0, 0.05) is 31.3 Å². The lowest BCUT2D eigenvalue weighted by molar-refractivity contribution is -0.384. The SMILES string of the molecule is Cc1c(Oc2ccccc2)ccc([N+](=O)[O-])c1N1CCO[C@H](CCNC(=O)OC(C)(C)C)C1. The molecule has 3 rings (SSSR count). The fourth-order valence-corrected chi connectivity index (χ4v) is 3.69. The zero-order valence-corrected chi connectivity index (χ0v) is 19.5. The number of nitro benzene ring substituents is 1. The molecule has 1 atom stereocenters. The molecule has 0 unspecified atom stereocenters. The third-order valence-corrected chi connectivity index (χ3v) is 5.12. The van der Waals surface area contributed by atoms with Crippen molar-refractivity contribution in [1.82, 2.24) is 5.32 Å². The summed E-state index contributed by atoms with van der Waals surface area (Å²) in [6.07, 6.45) is -0.109. The van der Waals surface area contributed by atoms with Crippen molar-refractivity contribution in [3.8, 4) is 11.5 Å². The number of amides is 1. The average molecular weight is 458 g/mol. The molecule has 1 aliphatic rings. The van der Waals surface area contributed by atoms with Gasteiger partial charge in [-0.2, -0.15) is 0 Å². The maximum Gasteiger partial charge on any atom is 0.407 e. The van der Waals surface area contributed by atoms with Crippen LogP contribution < -0.4 is 15.0 Å². The van der Waals surface area contributed by atoms with Crippen molar-refractivity contribution >= 4 is 17.5 Å². The van der Waals surface area contributed by atoms with Crippen LogP contribution in [-0.4, -0.2) is 49.0 Å². The van der Waals surface area contributed by atoms with Crippen LogP contribution in [0.5, 0.6) is 11.5 Å². The van der Waals surface area contributed by atoms with Crippen molar-refractivity contribution in [3.05, 3.63) is 58.1 Å². The van der Waals surface area contributed by atoms with Crippen molar-refractivity contribution in [2.75, 3.05) is 31.1 Å². The van der Waals surface area contributed by atoms with Crippen molar-refractivity contribution in [2.24, 2.45) is 0 Å². The number of ether oxygens (including phenoxy) is 3. The zero-order chi connectivity index (χ0) is 24.0. The predicted octanol–water partition coefficient (Wildman–Crippen LogP) is 4.82. The summed E-state index contributed by atoms with van der Waals surface area (Å²) in [5.74, 6) is 1.23. The number of benzene rings is 2. The van der Waals surface area contributed by atoms with E-state index in [1.54, 1.807) is 26.8 Å². The molecule has 0 spiro atoms. The van der Waals surface area contributed by atoms with Gasteiger partial charge in [-0.1, -0.05) is 18.2 Å². The minimum absolute atomic E-state index is 0.0282. The Bertz CT molecular complexity index is 974. The molecule has 1 heterocycles. The van der Waals surface area contributed by atoms with Gasteiger partial charge in [0.15, 0.2) is 0 Å². The van der Waals surface area contributed by atoms with Gasteiger partial charge in [0.2, 0.25) is 0 Å². The van der Waals surface area contributed by atoms with Gasteiger partial charge in [0.1, 0.15) is 22.8 Å². The van der Waals surface area contributed by atoms with Gasteiger partial charge >= 0.3 is 6.09 Å².